The van der Waals surface area contributed by atoms with E-state index in [9.17, 15) is 0 Å². The number of nitrogens with one attached hydrogen (secondary N) is 1. The largest absolute Gasteiger partial charge is 0.493 e. The summed E-state index contributed by atoms with van der Waals surface area (Å²) in [6.45, 7) is 6.70. The number of benzene rings is 1. The smallest absolute Gasteiger partial charge is 0.175 e. The summed E-state index contributed by atoms with van der Waals surface area (Å²) in [5, 5.41) is 3.54. The third-order valence-corrected chi connectivity index (χ3v) is 3.83. The molecule has 5 heteroatoms. The molecule has 0 aliphatic heterocycles. The van der Waals surface area contributed by atoms with E-state index in [0.29, 0.717) is 12.6 Å². The van der Waals surface area contributed by atoms with E-state index in [4.69, 9.17) is 9.47 Å². The van der Waals surface area contributed by atoms with E-state index < -0.39 is 0 Å². The highest BCUT2D eigenvalue weighted by atomic mass is 79.9. The summed E-state index contributed by atoms with van der Waals surface area (Å²) in [5.74, 6) is 1.54. The second-order valence-corrected chi connectivity index (χ2v) is 6.27. The fraction of sp³-hybridized carbons (Fsp3) is 0.625. The van der Waals surface area contributed by atoms with Crippen LogP contribution in [0.15, 0.2) is 16.6 Å². The number of hydrogen-bond donors (Lipinski definition) is 1. The predicted octanol–water partition coefficient (Wildman–Crippen LogP) is 3.29. The lowest BCUT2D eigenvalue weighted by molar-refractivity contribution is 0.308. The fourth-order valence-electron chi connectivity index (χ4n) is 2.01. The van der Waals surface area contributed by atoms with Gasteiger partial charge in [-0.3, -0.25) is 0 Å². The first kappa shape index (κ1) is 18.3. The van der Waals surface area contributed by atoms with Crippen LogP contribution in [0.5, 0.6) is 11.5 Å². The van der Waals surface area contributed by atoms with Gasteiger partial charge in [-0.2, -0.15) is 0 Å². The summed E-state index contributed by atoms with van der Waals surface area (Å²) in [6, 6.07) is 4.59. The van der Waals surface area contributed by atoms with Crippen LogP contribution in [0.25, 0.3) is 0 Å². The number of halogens is 1. The van der Waals surface area contributed by atoms with E-state index in [1.807, 2.05) is 13.0 Å². The normalized spacial score (nSPS) is 12.5. The van der Waals surface area contributed by atoms with Gasteiger partial charge in [0, 0.05) is 12.6 Å². The Hall–Kier alpha value is -0.780. The highest BCUT2D eigenvalue weighted by Crippen LogP contribution is 2.36. The molecule has 21 heavy (non-hydrogen) atoms. The maximum Gasteiger partial charge on any atom is 0.175 e. The van der Waals surface area contributed by atoms with Gasteiger partial charge in [-0.05, 0) is 74.5 Å². The highest BCUT2D eigenvalue weighted by Gasteiger charge is 2.11. The van der Waals surface area contributed by atoms with Gasteiger partial charge in [-0.15, -0.1) is 0 Å². The minimum atomic E-state index is 0.476. The number of methoxy groups -OCH3 is 1. The van der Waals surface area contributed by atoms with Crippen molar-refractivity contribution in [1.82, 2.24) is 10.2 Å². The Morgan fingerprint density at radius 3 is 2.62 bits per heavy atom. The molecule has 0 spiro atoms. The standard InChI is InChI=1S/C16H27BrN2O2/c1-6-21-16-14(17)9-13(10-15(16)20-5)11-18-12(2)7-8-19(3)4/h9-10,12,18H,6-8,11H2,1-5H3. The molecule has 0 aromatic heterocycles. The molecule has 1 rings (SSSR count). The van der Waals surface area contributed by atoms with Gasteiger partial charge in [0.05, 0.1) is 18.2 Å². The fourth-order valence-corrected chi connectivity index (χ4v) is 2.61. The van der Waals surface area contributed by atoms with E-state index >= 15 is 0 Å². The zero-order valence-electron chi connectivity index (χ0n) is 13.7. The SMILES string of the molecule is CCOc1c(Br)cc(CNC(C)CCN(C)C)cc1OC. The Kier molecular flexibility index (Phi) is 8.07. The molecule has 0 bridgehead atoms. The van der Waals surface area contributed by atoms with Gasteiger partial charge in [0.2, 0.25) is 0 Å². The van der Waals surface area contributed by atoms with E-state index in [1.54, 1.807) is 7.11 Å². The lowest BCUT2D eigenvalue weighted by Crippen LogP contribution is -2.29. The van der Waals surface area contributed by atoms with Crippen LogP contribution >= 0.6 is 15.9 Å². The second kappa shape index (κ2) is 9.28. The topological polar surface area (TPSA) is 33.7 Å². The van der Waals surface area contributed by atoms with Gasteiger partial charge in [0.25, 0.3) is 0 Å². The molecule has 1 N–H and O–H groups in total. The molecule has 0 aliphatic carbocycles. The first-order valence-electron chi connectivity index (χ1n) is 7.35. The molecule has 4 nitrogen and oxygen atoms in total. The van der Waals surface area contributed by atoms with Crippen LogP contribution in [0, 0.1) is 0 Å². The lowest BCUT2D eigenvalue weighted by Gasteiger charge is -2.18. The maximum atomic E-state index is 5.61. The van der Waals surface area contributed by atoms with Crippen molar-refractivity contribution in [3.8, 4) is 11.5 Å². The molecule has 1 aromatic carbocycles. The molecule has 1 atom stereocenters. The molecule has 120 valence electrons. The van der Waals surface area contributed by atoms with Gasteiger partial charge in [-0.1, -0.05) is 0 Å². The summed E-state index contributed by atoms with van der Waals surface area (Å²) in [7, 11) is 5.86. The number of hydrogen-bond acceptors (Lipinski definition) is 4. The number of nitrogens with zero attached hydrogens (tertiary/aromatic N) is 1. The van der Waals surface area contributed by atoms with Crippen LogP contribution in [-0.4, -0.2) is 45.3 Å². The third kappa shape index (κ3) is 6.24. The number of ether oxygens (including phenoxy) is 2. The lowest BCUT2D eigenvalue weighted by atomic mass is 10.1. The van der Waals surface area contributed by atoms with Crippen molar-refractivity contribution in [3.05, 3.63) is 22.2 Å². The number of rotatable bonds is 9. The molecule has 0 aliphatic rings. The molecule has 1 unspecified atom stereocenters. The van der Waals surface area contributed by atoms with Crippen molar-refractivity contribution >= 4 is 15.9 Å². The zero-order chi connectivity index (χ0) is 15.8. The summed E-state index contributed by atoms with van der Waals surface area (Å²) in [6.07, 6.45) is 1.13. The Labute approximate surface area is 136 Å². The second-order valence-electron chi connectivity index (χ2n) is 5.42. The average molecular weight is 359 g/mol. The Morgan fingerprint density at radius 2 is 2.05 bits per heavy atom. The molecular weight excluding hydrogens is 332 g/mol. The zero-order valence-corrected chi connectivity index (χ0v) is 15.3. The molecule has 0 radical (unpaired) electrons. The van der Waals surface area contributed by atoms with E-state index in [1.165, 1.54) is 5.56 Å². The first-order valence-corrected chi connectivity index (χ1v) is 8.14. The van der Waals surface area contributed by atoms with Crippen molar-refractivity contribution in [2.24, 2.45) is 0 Å². The molecule has 0 amide bonds. The maximum absolute atomic E-state index is 5.61. The van der Waals surface area contributed by atoms with E-state index in [2.05, 4.69) is 53.2 Å². The van der Waals surface area contributed by atoms with Gasteiger partial charge in [0.15, 0.2) is 11.5 Å². The van der Waals surface area contributed by atoms with Crippen LogP contribution in [0.3, 0.4) is 0 Å². The predicted molar refractivity (Wildman–Crippen MR) is 91.3 cm³/mol. The molecule has 0 saturated heterocycles. The Bertz CT molecular complexity index is 439. The van der Waals surface area contributed by atoms with Gasteiger partial charge in [-0.25, -0.2) is 0 Å². The van der Waals surface area contributed by atoms with Crippen molar-refractivity contribution in [2.75, 3.05) is 34.4 Å². The van der Waals surface area contributed by atoms with Crippen molar-refractivity contribution in [2.45, 2.75) is 32.9 Å². The van der Waals surface area contributed by atoms with Crippen LogP contribution in [-0.2, 0) is 6.54 Å². The third-order valence-electron chi connectivity index (χ3n) is 3.24. The Balaban J connectivity index is 2.65. The summed E-state index contributed by atoms with van der Waals surface area (Å²) in [5.41, 5.74) is 1.18. The molecular formula is C16H27BrN2O2. The monoisotopic (exact) mass is 358 g/mol. The average Bonchev–Trinajstić information content (AvgIpc) is 2.45. The molecule has 1 aromatic rings. The summed E-state index contributed by atoms with van der Waals surface area (Å²) in [4.78, 5) is 2.20. The van der Waals surface area contributed by atoms with Gasteiger partial charge >= 0.3 is 0 Å². The Morgan fingerprint density at radius 1 is 1.33 bits per heavy atom. The minimum absolute atomic E-state index is 0.476. The van der Waals surface area contributed by atoms with Gasteiger partial charge in [0.1, 0.15) is 0 Å². The quantitative estimate of drug-likeness (QED) is 0.734. The highest BCUT2D eigenvalue weighted by molar-refractivity contribution is 9.10. The molecule has 0 heterocycles. The summed E-state index contributed by atoms with van der Waals surface area (Å²) < 4.78 is 12.0. The van der Waals surface area contributed by atoms with E-state index in [0.717, 1.165) is 35.5 Å². The molecule has 0 saturated carbocycles. The molecule has 0 fully saturated rings. The first-order chi connectivity index (χ1) is 9.97. The van der Waals surface area contributed by atoms with Crippen molar-refractivity contribution < 1.29 is 9.47 Å². The van der Waals surface area contributed by atoms with Crippen molar-refractivity contribution in [3.63, 3.8) is 0 Å². The summed E-state index contributed by atoms with van der Waals surface area (Å²) >= 11 is 3.56. The van der Waals surface area contributed by atoms with E-state index in [-0.39, 0.29) is 0 Å². The van der Waals surface area contributed by atoms with Crippen LogP contribution in [0.2, 0.25) is 0 Å². The van der Waals surface area contributed by atoms with Crippen LogP contribution in [0.4, 0.5) is 0 Å². The van der Waals surface area contributed by atoms with Crippen LogP contribution < -0.4 is 14.8 Å². The van der Waals surface area contributed by atoms with Crippen molar-refractivity contribution in [1.29, 1.82) is 0 Å². The minimum Gasteiger partial charge on any atom is -0.493 e. The van der Waals surface area contributed by atoms with Crippen LogP contribution in [0.1, 0.15) is 25.8 Å². The van der Waals surface area contributed by atoms with Gasteiger partial charge < -0.3 is 19.7 Å².